The summed E-state index contributed by atoms with van der Waals surface area (Å²) in [6.45, 7) is 2.89. The molecule has 1 atom stereocenters. The smallest absolute Gasteiger partial charge is 0.348 e. The van der Waals surface area contributed by atoms with Gasteiger partial charge in [-0.15, -0.1) is 0 Å². The molecule has 1 aromatic heterocycles. The van der Waals surface area contributed by atoms with E-state index in [0.717, 1.165) is 42.4 Å². The fraction of sp³-hybridized carbons (Fsp3) is 0.412. The number of hydrogen-bond donors (Lipinski definition) is 1. The molecule has 0 saturated carbocycles. The number of nitrogens with zero attached hydrogens (tertiary/aromatic N) is 4. The second-order valence-corrected chi connectivity index (χ2v) is 6.95. The number of hydrogen-bond acceptors (Lipinski definition) is 6. The first kappa shape index (κ1) is 17.6. The Morgan fingerprint density at radius 3 is 2.96 bits per heavy atom. The topological polar surface area (TPSA) is 84.2 Å². The molecule has 1 unspecified atom stereocenters. The van der Waals surface area contributed by atoms with E-state index in [2.05, 4.69) is 43.0 Å². The lowest BCUT2D eigenvalue weighted by molar-refractivity contribution is -0.383. The van der Waals surface area contributed by atoms with E-state index < -0.39 is 4.92 Å². The molecule has 2 aromatic rings. The molecule has 2 heterocycles. The molecular formula is C17H20BrN5O2. The van der Waals surface area contributed by atoms with Gasteiger partial charge in [-0.3, -0.25) is 10.1 Å². The molecule has 1 saturated heterocycles. The molecule has 1 aliphatic heterocycles. The normalized spacial score (nSPS) is 17.4. The van der Waals surface area contributed by atoms with Gasteiger partial charge in [-0.25, -0.2) is 9.97 Å². The summed E-state index contributed by atoms with van der Waals surface area (Å²) in [5.74, 6) is 0.623. The summed E-state index contributed by atoms with van der Waals surface area (Å²) >= 11 is 3.40. The zero-order valence-electron chi connectivity index (χ0n) is 14.0. The van der Waals surface area contributed by atoms with Crippen LogP contribution in [0.3, 0.4) is 0 Å². The van der Waals surface area contributed by atoms with Gasteiger partial charge in [0.2, 0.25) is 11.6 Å². The average Bonchev–Trinajstić information content (AvgIpc) is 2.61. The van der Waals surface area contributed by atoms with Crippen molar-refractivity contribution in [1.82, 2.24) is 9.97 Å². The molecule has 8 heteroatoms. The Hall–Kier alpha value is -2.22. The Kier molecular flexibility index (Phi) is 5.47. The minimum Gasteiger partial charge on any atom is -0.348 e. The molecular weight excluding hydrogens is 386 g/mol. The maximum absolute atomic E-state index is 11.8. The van der Waals surface area contributed by atoms with Crippen LogP contribution in [0.5, 0.6) is 0 Å². The van der Waals surface area contributed by atoms with Crippen LogP contribution in [-0.2, 0) is 0 Å². The molecule has 0 aliphatic carbocycles. The van der Waals surface area contributed by atoms with Crippen molar-refractivity contribution in [3.63, 3.8) is 0 Å². The van der Waals surface area contributed by atoms with E-state index in [1.165, 1.54) is 6.33 Å². The Bertz CT molecular complexity index is 770. The van der Waals surface area contributed by atoms with Gasteiger partial charge in [-0.05, 0) is 43.9 Å². The third-order valence-electron chi connectivity index (χ3n) is 4.44. The van der Waals surface area contributed by atoms with Gasteiger partial charge < -0.3 is 10.2 Å². The molecule has 132 valence electrons. The van der Waals surface area contributed by atoms with Crippen LogP contribution in [0, 0.1) is 10.1 Å². The molecule has 1 aromatic carbocycles. The number of piperidine rings is 1. The lowest BCUT2D eigenvalue weighted by Crippen LogP contribution is -2.40. The SMILES string of the molecule is CCC1CCCCN1c1ncnc(Nc2cccc(Br)c2)c1[N+](=O)[O-]. The van der Waals surface area contributed by atoms with Gasteiger partial charge in [-0.2, -0.15) is 0 Å². The Labute approximate surface area is 154 Å². The molecule has 0 spiro atoms. The fourth-order valence-electron chi connectivity index (χ4n) is 3.25. The van der Waals surface area contributed by atoms with Crippen molar-refractivity contribution in [2.45, 2.75) is 38.6 Å². The van der Waals surface area contributed by atoms with Crippen LogP contribution >= 0.6 is 15.9 Å². The number of nitro groups is 1. The van der Waals surface area contributed by atoms with E-state index in [9.17, 15) is 10.1 Å². The van der Waals surface area contributed by atoms with Crippen molar-refractivity contribution in [3.05, 3.63) is 45.2 Å². The van der Waals surface area contributed by atoms with E-state index in [1.807, 2.05) is 24.3 Å². The Balaban J connectivity index is 2.01. The molecule has 7 nitrogen and oxygen atoms in total. The van der Waals surface area contributed by atoms with Crippen LogP contribution in [0.1, 0.15) is 32.6 Å². The van der Waals surface area contributed by atoms with Gasteiger partial charge in [-0.1, -0.05) is 28.9 Å². The van der Waals surface area contributed by atoms with Gasteiger partial charge in [0.25, 0.3) is 0 Å². The first-order chi connectivity index (χ1) is 12.1. The fourth-order valence-corrected chi connectivity index (χ4v) is 3.65. The minimum atomic E-state index is -0.392. The summed E-state index contributed by atoms with van der Waals surface area (Å²) in [4.78, 5) is 21.9. The maximum Gasteiger partial charge on any atom is 0.353 e. The summed E-state index contributed by atoms with van der Waals surface area (Å²) < 4.78 is 0.886. The van der Waals surface area contributed by atoms with E-state index in [-0.39, 0.29) is 17.5 Å². The van der Waals surface area contributed by atoms with Crippen LogP contribution in [0.25, 0.3) is 0 Å². The quantitative estimate of drug-likeness (QED) is 0.574. The number of aromatic nitrogens is 2. The summed E-state index contributed by atoms with van der Waals surface area (Å²) in [7, 11) is 0. The maximum atomic E-state index is 11.8. The highest BCUT2D eigenvalue weighted by Gasteiger charge is 2.31. The van der Waals surface area contributed by atoms with E-state index in [1.54, 1.807) is 0 Å². The average molecular weight is 406 g/mol. The van der Waals surface area contributed by atoms with Crippen molar-refractivity contribution in [2.75, 3.05) is 16.8 Å². The third-order valence-corrected chi connectivity index (χ3v) is 4.94. The Morgan fingerprint density at radius 2 is 2.24 bits per heavy atom. The summed E-state index contributed by atoms with van der Waals surface area (Å²) in [5, 5.41) is 14.8. The molecule has 1 N–H and O–H groups in total. The first-order valence-electron chi connectivity index (χ1n) is 8.38. The van der Waals surface area contributed by atoms with Gasteiger partial charge in [0.05, 0.1) is 4.92 Å². The van der Waals surface area contributed by atoms with Crippen molar-refractivity contribution in [2.24, 2.45) is 0 Å². The molecule has 1 aliphatic rings. The van der Waals surface area contributed by atoms with E-state index >= 15 is 0 Å². The molecule has 0 radical (unpaired) electrons. The van der Waals surface area contributed by atoms with Crippen LogP contribution in [-0.4, -0.2) is 27.5 Å². The number of halogens is 1. The zero-order valence-corrected chi connectivity index (χ0v) is 15.6. The lowest BCUT2D eigenvalue weighted by atomic mass is 10.00. The molecule has 0 amide bonds. The molecule has 3 rings (SSSR count). The van der Waals surface area contributed by atoms with Crippen molar-refractivity contribution in [3.8, 4) is 0 Å². The van der Waals surface area contributed by atoms with E-state index in [0.29, 0.717) is 5.82 Å². The van der Waals surface area contributed by atoms with Crippen LogP contribution < -0.4 is 10.2 Å². The largest absolute Gasteiger partial charge is 0.353 e. The molecule has 1 fully saturated rings. The van der Waals surface area contributed by atoms with Gasteiger partial charge >= 0.3 is 5.69 Å². The monoisotopic (exact) mass is 405 g/mol. The predicted octanol–water partition coefficient (Wildman–Crippen LogP) is 4.66. The van der Waals surface area contributed by atoms with Gasteiger partial charge in [0, 0.05) is 22.7 Å². The number of benzene rings is 1. The highest BCUT2D eigenvalue weighted by Crippen LogP contribution is 2.37. The van der Waals surface area contributed by atoms with Crippen molar-refractivity contribution >= 4 is 38.9 Å². The minimum absolute atomic E-state index is 0.0668. The number of rotatable bonds is 5. The number of nitrogens with one attached hydrogen (secondary N) is 1. The second-order valence-electron chi connectivity index (χ2n) is 6.04. The Morgan fingerprint density at radius 1 is 1.40 bits per heavy atom. The first-order valence-corrected chi connectivity index (χ1v) is 9.18. The van der Waals surface area contributed by atoms with Crippen molar-refractivity contribution in [1.29, 1.82) is 0 Å². The standard InChI is InChI=1S/C17H20BrN5O2/c1-2-14-8-3-4-9-22(14)17-15(23(24)25)16(19-11-20-17)21-13-7-5-6-12(18)10-13/h5-7,10-11,14H,2-4,8-9H2,1H3,(H,19,20,21). The van der Waals surface area contributed by atoms with Crippen LogP contribution in [0.15, 0.2) is 35.1 Å². The summed E-state index contributed by atoms with van der Waals surface area (Å²) in [6.07, 6.45) is 5.54. The summed E-state index contributed by atoms with van der Waals surface area (Å²) in [6, 6.07) is 7.72. The van der Waals surface area contributed by atoms with Crippen LogP contribution in [0.4, 0.5) is 23.0 Å². The second kappa shape index (κ2) is 7.77. The van der Waals surface area contributed by atoms with Crippen molar-refractivity contribution < 1.29 is 4.92 Å². The van der Waals surface area contributed by atoms with E-state index in [4.69, 9.17) is 0 Å². The lowest BCUT2D eigenvalue weighted by Gasteiger charge is -2.35. The highest BCUT2D eigenvalue weighted by atomic mass is 79.9. The summed E-state index contributed by atoms with van der Waals surface area (Å²) in [5.41, 5.74) is 0.663. The molecule has 0 bridgehead atoms. The zero-order chi connectivity index (χ0) is 17.8. The molecule has 25 heavy (non-hydrogen) atoms. The van der Waals surface area contributed by atoms with Gasteiger partial charge in [0.15, 0.2) is 0 Å². The number of anilines is 3. The third kappa shape index (κ3) is 3.89. The highest BCUT2D eigenvalue weighted by molar-refractivity contribution is 9.10. The van der Waals surface area contributed by atoms with Gasteiger partial charge in [0.1, 0.15) is 6.33 Å². The van der Waals surface area contributed by atoms with Crippen LogP contribution in [0.2, 0.25) is 0 Å². The predicted molar refractivity (Wildman–Crippen MR) is 101 cm³/mol.